The summed E-state index contributed by atoms with van der Waals surface area (Å²) in [6, 6.07) is 23.3. The van der Waals surface area contributed by atoms with Gasteiger partial charge >= 0.3 is 0 Å². The van der Waals surface area contributed by atoms with Crippen molar-refractivity contribution in [1.82, 2.24) is 4.90 Å². The summed E-state index contributed by atoms with van der Waals surface area (Å²) >= 11 is 3.43. The molecule has 0 aromatic heterocycles. The number of carbonyl (C=O) groups excluding carboxylic acids is 2. The zero-order valence-corrected chi connectivity index (χ0v) is 19.1. The first kappa shape index (κ1) is 21.8. The van der Waals surface area contributed by atoms with Gasteiger partial charge in [0.1, 0.15) is 11.5 Å². The molecule has 1 heterocycles. The number of hydrogen-bond acceptors (Lipinski definition) is 4. The van der Waals surface area contributed by atoms with Crippen LogP contribution in [0.2, 0.25) is 0 Å². The van der Waals surface area contributed by atoms with Gasteiger partial charge in [0, 0.05) is 16.6 Å². The Balaban J connectivity index is 1.77. The maximum absolute atomic E-state index is 13.1. The number of aliphatic hydroxyl groups excluding tert-OH is 1. The van der Waals surface area contributed by atoms with Crippen molar-refractivity contribution in [2.45, 2.75) is 12.5 Å². The predicted molar refractivity (Wildman–Crippen MR) is 126 cm³/mol. The number of nitrogens with zero attached hydrogens (tertiary/aromatic N) is 1. The Morgan fingerprint density at radius 3 is 2.25 bits per heavy atom. The molecule has 1 atom stereocenters. The van der Waals surface area contributed by atoms with Crippen LogP contribution in [-0.2, 0) is 16.0 Å². The molecule has 1 fully saturated rings. The largest absolute Gasteiger partial charge is 0.507 e. The topological polar surface area (TPSA) is 66.8 Å². The van der Waals surface area contributed by atoms with E-state index in [-0.39, 0.29) is 11.3 Å². The van der Waals surface area contributed by atoms with Crippen molar-refractivity contribution in [1.29, 1.82) is 0 Å². The van der Waals surface area contributed by atoms with E-state index < -0.39 is 17.7 Å². The highest BCUT2D eigenvalue weighted by Crippen LogP contribution is 2.39. The van der Waals surface area contributed by atoms with Crippen LogP contribution in [0.15, 0.2) is 88.9 Å². The molecule has 0 aliphatic carbocycles. The lowest BCUT2D eigenvalue weighted by molar-refractivity contribution is -0.139. The molecule has 6 heteroatoms. The zero-order chi connectivity index (χ0) is 22.7. The van der Waals surface area contributed by atoms with E-state index in [9.17, 15) is 14.7 Å². The zero-order valence-electron chi connectivity index (χ0n) is 17.5. The predicted octanol–water partition coefficient (Wildman–Crippen LogP) is 5.12. The molecule has 1 N–H and O–H groups in total. The minimum absolute atomic E-state index is 0.0931. The average Bonchev–Trinajstić information content (AvgIpc) is 3.08. The van der Waals surface area contributed by atoms with Crippen molar-refractivity contribution in [2.24, 2.45) is 0 Å². The number of halogens is 1. The molecule has 3 aromatic carbocycles. The van der Waals surface area contributed by atoms with Crippen molar-refractivity contribution in [3.05, 3.63) is 106 Å². The molecule has 5 nitrogen and oxygen atoms in total. The van der Waals surface area contributed by atoms with Crippen molar-refractivity contribution in [2.75, 3.05) is 13.7 Å². The fourth-order valence-electron chi connectivity index (χ4n) is 3.90. The van der Waals surface area contributed by atoms with Crippen LogP contribution in [0.3, 0.4) is 0 Å². The van der Waals surface area contributed by atoms with Crippen LogP contribution < -0.4 is 4.74 Å². The van der Waals surface area contributed by atoms with Crippen LogP contribution in [0, 0.1) is 0 Å². The van der Waals surface area contributed by atoms with E-state index in [0.29, 0.717) is 24.3 Å². The van der Waals surface area contributed by atoms with Crippen LogP contribution in [0.5, 0.6) is 5.75 Å². The van der Waals surface area contributed by atoms with E-state index in [1.165, 1.54) is 0 Å². The lowest BCUT2D eigenvalue weighted by atomic mass is 9.95. The summed E-state index contributed by atoms with van der Waals surface area (Å²) in [5, 5.41) is 11.1. The van der Waals surface area contributed by atoms with Crippen LogP contribution in [0.1, 0.15) is 22.7 Å². The second-order valence-corrected chi connectivity index (χ2v) is 8.42. The van der Waals surface area contributed by atoms with Gasteiger partial charge in [-0.3, -0.25) is 9.59 Å². The summed E-state index contributed by atoms with van der Waals surface area (Å²) in [6.45, 7) is 0.356. The van der Waals surface area contributed by atoms with Crippen molar-refractivity contribution < 1.29 is 19.4 Å². The highest BCUT2D eigenvalue weighted by Gasteiger charge is 2.45. The summed E-state index contributed by atoms with van der Waals surface area (Å²) < 4.78 is 6.06. The Bertz CT molecular complexity index is 1150. The molecule has 1 aliphatic heterocycles. The van der Waals surface area contributed by atoms with E-state index in [1.807, 2.05) is 54.6 Å². The highest BCUT2D eigenvalue weighted by molar-refractivity contribution is 9.10. The molecule has 0 bridgehead atoms. The molecule has 162 valence electrons. The Morgan fingerprint density at radius 2 is 1.62 bits per heavy atom. The first-order chi connectivity index (χ1) is 15.5. The number of ketones is 1. The monoisotopic (exact) mass is 491 g/mol. The van der Waals surface area contributed by atoms with E-state index in [0.717, 1.165) is 15.6 Å². The van der Waals surface area contributed by atoms with Crippen LogP contribution >= 0.6 is 15.9 Å². The number of Topliss-reactive ketones (excluding diaryl/α,β-unsaturated/α-hetero) is 1. The first-order valence-corrected chi connectivity index (χ1v) is 11.0. The van der Waals surface area contributed by atoms with Gasteiger partial charge in [0.05, 0.1) is 18.7 Å². The minimum Gasteiger partial charge on any atom is -0.507 e. The van der Waals surface area contributed by atoms with E-state index in [2.05, 4.69) is 15.9 Å². The standard InChI is InChI=1S/C26H22BrNO4/c1-32-21-13-9-19(10-14-21)24(29)22-23(18-7-11-20(27)12-8-18)28(26(31)25(22)30)16-15-17-5-3-2-4-6-17/h2-14,23,29H,15-16H2,1H3/b24-22-. The smallest absolute Gasteiger partial charge is 0.295 e. The molecule has 1 aliphatic rings. The number of benzene rings is 3. The third kappa shape index (κ3) is 4.32. The van der Waals surface area contributed by atoms with Gasteiger partial charge in [-0.2, -0.15) is 0 Å². The number of aliphatic hydroxyl groups is 1. The van der Waals surface area contributed by atoms with Crippen molar-refractivity contribution in [3.8, 4) is 5.75 Å². The molecule has 1 saturated heterocycles. The van der Waals surface area contributed by atoms with Gasteiger partial charge in [-0.15, -0.1) is 0 Å². The number of carbonyl (C=O) groups is 2. The van der Waals surface area contributed by atoms with Crippen molar-refractivity contribution in [3.63, 3.8) is 0 Å². The van der Waals surface area contributed by atoms with Gasteiger partial charge in [0.25, 0.3) is 11.7 Å². The summed E-state index contributed by atoms with van der Waals surface area (Å²) in [5.41, 5.74) is 2.37. The molecule has 0 spiro atoms. The SMILES string of the molecule is COc1ccc(/C(O)=C2/C(=O)C(=O)N(CCc3ccccc3)C2c2ccc(Br)cc2)cc1. The second kappa shape index (κ2) is 9.40. The third-order valence-corrected chi connectivity index (χ3v) is 6.10. The Labute approximate surface area is 195 Å². The van der Waals surface area contributed by atoms with Gasteiger partial charge in [0.15, 0.2) is 0 Å². The van der Waals surface area contributed by atoms with Crippen LogP contribution in [0.25, 0.3) is 5.76 Å². The lowest BCUT2D eigenvalue weighted by Crippen LogP contribution is -2.31. The second-order valence-electron chi connectivity index (χ2n) is 7.51. The number of ether oxygens (including phenoxy) is 1. The molecular formula is C26H22BrNO4. The van der Waals surface area contributed by atoms with E-state index in [4.69, 9.17) is 4.74 Å². The highest BCUT2D eigenvalue weighted by atomic mass is 79.9. The number of rotatable bonds is 6. The normalized spacial score (nSPS) is 17.6. The van der Waals surface area contributed by atoms with Gasteiger partial charge < -0.3 is 14.7 Å². The molecule has 32 heavy (non-hydrogen) atoms. The number of amides is 1. The fourth-order valence-corrected chi connectivity index (χ4v) is 4.17. The summed E-state index contributed by atoms with van der Waals surface area (Å²) in [7, 11) is 1.56. The maximum atomic E-state index is 13.1. The molecule has 1 amide bonds. The Kier molecular flexibility index (Phi) is 6.42. The molecule has 0 saturated carbocycles. The van der Waals surface area contributed by atoms with E-state index in [1.54, 1.807) is 36.3 Å². The molecule has 0 radical (unpaired) electrons. The van der Waals surface area contributed by atoms with Crippen LogP contribution in [0.4, 0.5) is 0 Å². The minimum atomic E-state index is -0.681. The first-order valence-electron chi connectivity index (χ1n) is 10.2. The molecule has 3 aromatic rings. The Hall–Kier alpha value is -3.38. The molecular weight excluding hydrogens is 470 g/mol. The number of likely N-dealkylation sites (tertiary alicyclic amines) is 1. The van der Waals surface area contributed by atoms with Gasteiger partial charge in [-0.1, -0.05) is 58.4 Å². The van der Waals surface area contributed by atoms with Gasteiger partial charge in [-0.25, -0.2) is 0 Å². The number of methoxy groups -OCH3 is 1. The average molecular weight is 492 g/mol. The van der Waals surface area contributed by atoms with Crippen LogP contribution in [-0.4, -0.2) is 35.4 Å². The quantitative estimate of drug-likeness (QED) is 0.295. The Morgan fingerprint density at radius 1 is 0.969 bits per heavy atom. The fraction of sp³-hybridized carbons (Fsp3) is 0.154. The number of hydrogen-bond donors (Lipinski definition) is 1. The molecule has 1 unspecified atom stereocenters. The van der Waals surface area contributed by atoms with Gasteiger partial charge in [0.2, 0.25) is 0 Å². The maximum Gasteiger partial charge on any atom is 0.295 e. The third-order valence-electron chi connectivity index (χ3n) is 5.57. The molecule has 4 rings (SSSR count). The summed E-state index contributed by atoms with van der Waals surface area (Å²) in [4.78, 5) is 27.6. The van der Waals surface area contributed by atoms with Gasteiger partial charge in [-0.05, 0) is 53.9 Å². The van der Waals surface area contributed by atoms with Crippen molar-refractivity contribution >= 4 is 33.4 Å². The van der Waals surface area contributed by atoms with E-state index >= 15 is 0 Å². The summed E-state index contributed by atoms with van der Waals surface area (Å²) in [6.07, 6.45) is 0.601. The summed E-state index contributed by atoms with van der Waals surface area (Å²) in [5.74, 6) is -0.848. The lowest BCUT2D eigenvalue weighted by Gasteiger charge is -2.25.